The highest BCUT2D eigenvalue weighted by molar-refractivity contribution is 7.86. The summed E-state index contributed by atoms with van der Waals surface area (Å²) in [6.07, 6.45) is 14.0. The Hall–Kier alpha value is -0.130. The van der Waals surface area contributed by atoms with Crippen LogP contribution in [0.1, 0.15) is 90.9 Å². The molecular weight excluding hydrogens is 284 g/mol. The molecule has 0 aliphatic rings. The lowest BCUT2D eigenvalue weighted by molar-refractivity contribution is 0.384. The molecule has 0 spiro atoms. The van der Waals surface area contributed by atoms with Gasteiger partial charge >= 0.3 is 0 Å². The fourth-order valence-electron chi connectivity index (χ4n) is 2.50. The van der Waals surface area contributed by atoms with Gasteiger partial charge in [0.05, 0.1) is 0 Å². The van der Waals surface area contributed by atoms with E-state index in [2.05, 4.69) is 13.8 Å². The van der Waals surface area contributed by atoms with E-state index in [1.54, 1.807) is 0 Å². The zero-order chi connectivity index (χ0) is 16.0. The van der Waals surface area contributed by atoms with Crippen molar-refractivity contribution in [2.75, 3.05) is 13.1 Å². The van der Waals surface area contributed by atoms with E-state index in [4.69, 9.17) is 5.14 Å². The molecule has 0 bridgehead atoms. The van der Waals surface area contributed by atoms with Gasteiger partial charge in [-0.25, -0.2) is 5.14 Å². The van der Waals surface area contributed by atoms with Crippen LogP contribution in [0, 0.1) is 0 Å². The normalized spacial score (nSPS) is 12.2. The van der Waals surface area contributed by atoms with Crippen LogP contribution < -0.4 is 5.14 Å². The van der Waals surface area contributed by atoms with Crippen molar-refractivity contribution in [1.29, 1.82) is 0 Å². The van der Waals surface area contributed by atoms with Gasteiger partial charge in [0.1, 0.15) is 0 Å². The van der Waals surface area contributed by atoms with Crippen LogP contribution in [0.2, 0.25) is 0 Å². The van der Waals surface area contributed by atoms with E-state index in [-0.39, 0.29) is 0 Å². The van der Waals surface area contributed by atoms with Gasteiger partial charge in [-0.05, 0) is 12.8 Å². The second-order valence-corrected chi connectivity index (χ2v) is 7.53. The van der Waals surface area contributed by atoms with Gasteiger partial charge in [-0.1, -0.05) is 78.1 Å². The van der Waals surface area contributed by atoms with Gasteiger partial charge in [0.2, 0.25) is 0 Å². The van der Waals surface area contributed by atoms with E-state index < -0.39 is 10.2 Å². The van der Waals surface area contributed by atoms with Crippen molar-refractivity contribution in [2.45, 2.75) is 90.9 Å². The molecule has 128 valence electrons. The van der Waals surface area contributed by atoms with Crippen molar-refractivity contribution < 1.29 is 8.42 Å². The summed E-state index contributed by atoms with van der Waals surface area (Å²) >= 11 is 0. The highest BCUT2D eigenvalue weighted by Crippen LogP contribution is 2.10. The van der Waals surface area contributed by atoms with Crippen molar-refractivity contribution in [3.05, 3.63) is 0 Å². The van der Waals surface area contributed by atoms with Crippen LogP contribution in [-0.4, -0.2) is 25.8 Å². The number of unbranched alkanes of at least 4 members (excludes halogenated alkanes) is 10. The topological polar surface area (TPSA) is 63.4 Å². The zero-order valence-corrected chi connectivity index (χ0v) is 15.0. The van der Waals surface area contributed by atoms with Crippen LogP contribution in [-0.2, 0) is 10.2 Å². The van der Waals surface area contributed by atoms with Crippen molar-refractivity contribution in [2.24, 2.45) is 5.14 Å². The lowest BCUT2D eigenvalue weighted by atomic mass is 10.1. The fourth-order valence-corrected chi connectivity index (χ4v) is 3.27. The molecule has 0 radical (unpaired) electrons. The van der Waals surface area contributed by atoms with Crippen LogP contribution in [0.4, 0.5) is 0 Å². The molecule has 0 unspecified atom stereocenters. The Labute approximate surface area is 132 Å². The summed E-state index contributed by atoms with van der Waals surface area (Å²) in [5.74, 6) is 0. The largest absolute Gasteiger partial charge is 0.276 e. The second kappa shape index (κ2) is 13.5. The molecule has 0 aromatic carbocycles. The van der Waals surface area contributed by atoms with Gasteiger partial charge in [-0.2, -0.15) is 12.7 Å². The van der Waals surface area contributed by atoms with Crippen molar-refractivity contribution in [3.8, 4) is 0 Å². The maximum absolute atomic E-state index is 11.6. The van der Waals surface area contributed by atoms with E-state index in [1.165, 1.54) is 55.7 Å². The number of nitrogens with zero attached hydrogens (tertiary/aromatic N) is 1. The van der Waals surface area contributed by atoms with E-state index in [9.17, 15) is 8.42 Å². The monoisotopic (exact) mass is 320 g/mol. The number of rotatable bonds is 15. The smallest absolute Gasteiger partial charge is 0.216 e. The molecule has 5 heteroatoms. The quantitative estimate of drug-likeness (QED) is 0.459. The molecule has 0 aliphatic heterocycles. The summed E-state index contributed by atoms with van der Waals surface area (Å²) in [5, 5.41) is 5.30. The molecule has 0 aromatic heterocycles. The third kappa shape index (κ3) is 13.3. The first-order valence-electron chi connectivity index (χ1n) is 8.80. The molecule has 0 atom stereocenters. The number of nitrogens with two attached hydrogens (primary N) is 1. The Morgan fingerprint density at radius 2 is 1.00 bits per heavy atom. The summed E-state index contributed by atoms with van der Waals surface area (Å²) < 4.78 is 24.6. The van der Waals surface area contributed by atoms with Crippen molar-refractivity contribution in [1.82, 2.24) is 4.31 Å². The standard InChI is InChI=1S/C16H36N2O2S/c1-3-5-7-9-11-13-15-18(21(17,19)20)16-14-12-10-8-6-4-2/h3-16H2,1-2H3,(H2,17,19,20). The molecular formula is C16H36N2O2S. The minimum Gasteiger partial charge on any atom is -0.216 e. The molecule has 0 aromatic rings. The second-order valence-electron chi connectivity index (χ2n) is 5.98. The molecule has 0 heterocycles. The molecule has 0 rings (SSSR count). The predicted molar refractivity (Wildman–Crippen MR) is 91.4 cm³/mol. The third-order valence-electron chi connectivity index (χ3n) is 3.88. The first-order valence-corrected chi connectivity index (χ1v) is 10.3. The lowest BCUT2D eigenvalue weighted by Gasteiger charge is -2.19. The first kappa shape index (κ1) is 20.9. The van der Waals surface area contributed by atoms with Gasteiger partial charge in [0.25, 0.3) is 10.2 Å². The summed E-state index contributed by atoms with van der Waals surface area (Å²) in [4.78, 5) is 0. The molecule has 4 nitrogen and oxygen atoms in total. The number of hydrogen-bond donors (Lipinski definition) is 1. The third-order valence-corrected chi connectivity index (χ3v) is 4.97. The SMILES string of the molecule is CCCCCCCCN(CCCCCCCC)S(N)(=O)=O. The van der Waals surface area contributed by atoms with Crippen molar-refractivity contribution >= 4 is 10.2 Å². The van der Waals surface area contributed by atoms with Crippen LogP contribution in [0.3, 0.4) is 0 Å². The van der Waals surface area contributed by atoms with Gasteiger partial charge in [0, 0.05) is 13.1 Å². The molecule has 0 saturated heterocycles. The maximum atomic E-state index is 11.6. The summed E-state index contributed by atoms with van der Waals surface area (Å²) in [5.41, 5.74) is 0. The highest BCUT2D eigenvalue weighted by Gasteiger charge is 2.15. The van der Waals surface area contributed by atoms with Crippen LogP contribution in [0.5, 0.6) is 0 Å². The molecule has 2 N–H and O–H groups in total. The Balaban J connectivity index is 3.79. The highest BCUT2D eigenvalue weighted by atomic mass is 32.2. The molecule has 21 heavy (non-hydrogen) atoms. The lowest BCUT2D eigenvalue weighted by Crippen LogP contribution is -2.38. The average molecular weight is 321 g/mol. The first-order chi connectivity index (χ1) is 10.0. The van der Waals surface area contributed by atoms with Gasteiger partial charge in [0.15, 0.2) is 0 Å². The van der Waals surface area contributed by atoms with Gasteiger partial charge < -0.3 is 0 Å². The Morgan fingerprint density at radius 3 is 1.33 bits per heavy atom. The average Bonchev–Trinajstić information content (AvgIpc) is 2.42. The summed E-state index contributed by atoms with van der Waals surface area (Å²) in [7, 11) is -3.53. The van der Waals surface area contributed by atoms with Gasteiger partial charge in [-0.3, -0.25) is 0 Å². The summed E-state index contributed by atoms with van der Waals surface area (Å²) in [6, 6.07) is 0. The summed E-state index contributed by atoms with van der Waals surface area (Å²) in [6.45, 7) is 5.56. The number of hydrogen-bond acceptors (Lipinski definition) is 2. The minimum atomic E-state index is -3.53. The van der Waals surface area contributed by atoms with E-state index >= 15 is 0 Å². The van der Waals surface area contributed by atoms with Gasteiger partial charge in [-0.15, -0.1) is 0 Å². The molecule has 0 amide bonds. The van der Waals surface area contributed by atoms with E-state index in [1.807, 2.05) is 0 Å². The van der Waals surface area contributed by atoms with Crippen LogP contribution in [0.15, 0.2) is 0 Å². The minimum absolute atomic E-state index is 0.583. The Morgan fingerprint density at radius 1 is 0.667 bits per heavy atom. The fraction of sp³-hybridized carbons (Fsp3) is 1.00. The Kier molecular flexibility index (Phi) is 13.4. The molecule has 0 aliphatic carbocycles. The van der Waals surface area contributed by atoms with Crippen LogP contribution >= 0.6 is 0 Å². The zero-order valence-electron chi connectivity index (χ0n) is 14.1. The molecule has 0 fully saturated rings. The Bertz CT molecular complexity index is 302. The van der Waals surface area contributed by atoms with Crippen molar-refractivity contribution in [3.63, 3.8) is 0 Å². The van der Waals surface area contributed by atoms with E-state index in [0.29, 0.717) is 13.1 Å². The van der Waals surface area contributed by atoms with Crippen LogP contribution in [0.25, 0.3) is 0 Å². The molecule has 0 saturated carbocycles. The predicted octanol–water partition coefficient (Wildman–Crippen LogP) is 4.21. The maximum Gasteiger partial charge on any atom is 0.276 e. The van der Waals surface area contributed by atoms with E-state index in [0.717, 1.165) is 25.7 Å².